The van der Waals surface area contributed by atoms with Crippen LogP contribution in [0.5, 0.6) is 5.75 Å². The van der Waals surface area contributed by atoms with Crippen LogP contribution < -0.4 is 20.5 Å². The Kier molecular flexibility index (Phi) is 6.80. The molecule has 31 heavy (non-hydrogen) atoms. The zero-order valence-corrected chi connectivity index (χ0v) is 17.0. The minimum absolute atomic E-state index is 0.115. The summed E-state index contributed by atoms with van der Waals surface area (Å²) >= 11 is 0. The molecule has 0 spiro atoms. The Hall–Kier alpha value is -3.96. The monoisotopic (exact) mass is 430 g/mol. The maximum absolute atomic E-state index is 12.3. The molecule has 2 N–H and O–H groups in total. The maximum atomic E-state index is 12.3. The highest BCUT2D eigenvalue weighted by Gasteiger charge is 2.32. The van der Waals surface area contributed by atoms with Gasteiger partial charge in [0.25, 0.3) is 5.91 Å². The first-order valence-electron chi connectivity index (χ1n) is 9.47. The van der Waals surface area contributed by atoms with E-state index in [2.05, 4.69) is 20.8 Å². The van der Waals surface area contributed by atoms with Gasteiger partial charge < -0.3 is 14.4 Å². The largest absolute Gasteiger partial charge is 0.497 e. The number of hydrogen-bond donors (Lipinski definition) is 2. The van der Waals surface area contributed by atoms with E-state index in [-0.39, 0.29) is 29.2 Å². The third-order valence-corrected chi connectivity index (χ3v) is 4.96. The zero-order valence-electron chi connectivity index (χ0n) is 17.0. The van der Waals surface area contributed by atoms with Crippen molar-refractivity contribution in [2.75, 3.05) is 37.6 Å². The number of rotatable bonds is 7. The number of benzene rings is 1. The van der Waals surface area contributed by atoms with Crippen molar-refractivity contribution in [1.82, 2.24) is 15.4 Å². The second kappa shape index (κ2) is 9.69. The first-order chi connectivity index (χ1) is 14.9. The lowest BCUT2D eigenvalue weighted by molar-refractivity contribution is -0.383. The van der Waals surface area contributed by atoms with Crippen molar-refractivity contribution in [1.29, 1.82) is 0 Å². The Balaban J connectivity index is 1.73. The smallest absolute Gasteiger partial charge is 0.355 e. The number of anilines is 2. The Labute approximate surface area is 177 Å². The maximum Gasteiger partial charge on any atom is 0.355 e. The molecule has 1 aliphatic rings. The summed E-state index contributed by atoms with van der Waals surface area (Å²) in [6, 6.07) is 6.36. The van der Waals surface area contributed by atoms with E-state index in [1.54, 1.807) is 29.2 Å². The molecule has 1 amide bonds. The number of ether oxygens (including phenoxy) is 2. The standard InChI is InChI=1S/C19H22N6O6/c1-30-14-5-3-12(4-6-14)18(26)23-22-16-15(25(28)29)17(21-11-20-16)24-9-7-13(8-10-24)19(27)31-2/h3-6,11,13H,7-10H2,1-2H3,(H,23,26)(H,20,21,22). The molecule has 1 aromatic heterocycles. The number of esters is 1. The van der Waals surface area contributed by atoms with E-state index in [9.17, 15) is 19.7 Å². The van der Waals surface area contributed by atoms with Crippen molar-refractivity contribution in [2.45, 2.75) is 12.8 Å². The van der Waals surface area contributed by atoms with E-state index < -0.39 is 10.8 Å². The predicted molar refractivity (Wildman–Crippen MR) is 110 cm³/mol. The molecule has 0 saturated carbocycles. The number of carbonyl (C=O) groups is 2. The molecule has 0 atom stereocenters. The van der Waals surface area contributed by atoms with Gasteiger partial charge in [-0.3, -0.25) is 30.6 Å². The number of methoxy groups -OCH3 is 2. The number of piperidine rings is 1. The molecular weight excluding hydrogens is 408 g/mol. The van der Waals surface area contributed by atoms with E-state index >= 15 is 0 Å². The number of amides is 1. The number of carbonyl (C=O) groups excluding carboxylic acids is 2. The zero-order chi connectivity index (χ0) is 22.4. The third kappa shape index (κ3) is 4.97. The van der Waals surface area contributed by atoms with E-state index in [0.717, 1.165) is 0 Å². The summed E-state index contributed by atoms with van der Waals surface area (Å²) in [6.45, 7) is 0.796. The number of nitrogens with one attached hydrogen (secondary N) is 2. The normalized spacial score (nSPS) is 13.9. The molecule has 0 unspecified atom stereocenters. The first-order valence-corrected chi connectivity index (χ1v) is 9.47. The van der Waals surface area contributed by atoms with E-state index in [4.69, 9.17) is 9.47 Å². The summed E-state index contributed by atoms with van der Waals surface area (Å²) < 4.78 is 9.81. The van der Waals surface area contributed by atoms with E-state index in [1.807, 2.05) is 0 Å². The highest BCUT2D eigenvalue weighted by molar-refractivity contribution is 5.95. The van der Waals surface area contributed by atoms with Crippen LogP contribution in [0.25, 0.3) is 0 Å². The van der Waals surface area contributed by atoms with Crippen LogP contribution in [-0.4, -0.2) is 54.1 Å². The summed E-state index contributed by atoms with van der Waals surface area (Å²) in [5.41, 5.74) is 4.88. The van der Waals surface area contributed by atoms with Crippen LogP contribution in [-0.2, 0) is 9.53 Å². The Morgan fingerprint density at radius 3 is 2.42 bits per heavy atom. The number of nitro groups is 1. The fourth-order valence-corrected chi connectivity index (χ4v) is 3.28. The molecule has 1 saturated heterocycles. The van der Waals surface area contributed by atoms with Crippen molar-refractivity contribution >= 4 is 29.2 Å². The van der Waals surface area contributed by atoms with Crippen LogP contribution in [0.2, 0.25) is 0 Å². The number of hydrazine groups is 1. The van der Waals surface area contributed by atoms with Gasteiger partial charge in [0.1, 0.15) is 12.1 Å². The predicted octanol–water partition coefficient (Wildman–Crippen LogP) is 1.54. The van der Waals surface area contributed by atoms with Gasteiger partial charge in [0, 0.05) is 18.7 Å². The van der Waals surface area contributed by atoms with Crippen molar-refractivity contribution < 1.29 is 24.0 Å². The summed E-state index contributed by atoms with van der Waals surface area (Å²) in [5.74, 6) is -0.479. The topological polar surface area (TPSA) is 149 Å². The molecule has 164 valence electrons. The lowest BCUT2D eigenvalue weighted by Crippen LogP contribution is -2.38. The molecular formula is C19H22N6O6. The highest BCUT2D eigenvalue weighted by Crippen LogP contribution is 2.33. The average Bonchev–Trinajstić information content (AvgIpc) is 2.81. The van der Waals surface area contributed by atoms with Crippen LogP contribution in [0.3, 0.4) is 0 Å². The minimum atomic E-state index is -0.608. The van der Waals surface area contributed by atoms with Gasteiger partial charge in [-0.05, 0) is 37.1 Å². The Bertz CT molecular complexity index is 959. The molecule has 0 bridgehead atoms. The summed E-state index contributed by atoms with van der Waals surface area (Å²) in [7, 11) is 2.85. The number of aromatic nitrogens is 2. The summed E-state index contributed by atoms with van der Waals surface area (Å²) in [6.07, 6.45) is 2.16. The molecule has 0 radical (unpaired) electrons. The minimum Gasteiger partial charge on any atom is -0.497 e. The third-order valence-electron chi connectivity index (χ3n) is 4.96. The van der Waals surface area contributed by atoms with Gasteiger partial charge in [-0.25, -0.2) is 9.97 Å². The van der Waals surface area contributed by atoms with Gasteiger partial charge in [0.2, 0.25) is 11.6 Å². The highest BCUT2D eigenvalue weighted by atomic mass is 16.6. The second-order valence-corrected chi connectivity index (χ2v) is 6.74. The van der Waals surface area contributed by atoms with Crippen molar-refractivity contribution in [3.8, 4) is 5.75 Å². The van der Waals surface area contributed by atoms with Crippen molar-refractivity contribution in [2.24, 2.45) is 5.92 Å². The van der Waals surface area contributed by atoms with Gasteiger partial charge in [0.05, 0.1) is 25.1 Å². The van der Waals surface area contributed by atoms with Gasteiger partial charge in [-0.2, -0.15) is 0 Å². The number of hydrogen-bond acceptors (Lipinski definition) is 10. The van der Waals surface area contributed by atoms with E-state index in [1.165, 1.54) is 20.5 Å². The second-order valence-electron chi connectivity index (χ2n) is 6.74. The lowest BCUT2D eigenvalue weighted by Gasteiger charge is -2.31. The molecule has 3 rings (SSSR count). The molecule has 0 aliphatic carbocycles. The molecule has 1 aliphatic heterocycles. The summed E-state index contributed by atoms with van der Waals surface area (Å²) in [4.78, 5) is 44.9. The van der Waals surface area contributed by atoms with Crippen molar-refractivity contribution in [3.05, 3.63) is 46.3 Å². The Morgan fingerprint density at radius 1 is 1.16 bits per heavy atom. The van der Waals surface area contributed by atoms with Gasteiger partial charge in [-0.15, -0.1) is 0 Å². The van der Waals surface area contributed by atoms with Crippen LogP contribution in [0.15, 0.2) is 30.6 Å². The molecule has 1 aromatic carbocycles. The molecule has 2 heterocycles. The Morgan fingerprint density at radius 2 is 1.84 bits per heavy atom. The number of nitrogens with zero attached hydrogens (tertiary/aromatic N) is 4. The van der Waals surface area contributed by atoms with Gasteiger partial charge in [-0.1, -0.05) is 0 Å². The molecule has 12 nitrogen and oxygen atoms in total. The van der Waals surface area contributed by atoms with Crippen LogP contribution in [0.4, 0.5) is 17.3 Å². The fraction of sp³-hybridized carbons (Fsp3) is 0.368. The average molecular weight is 430 g/mol. The van der Waals surface area contributed by atoms with Crippen LogP contribution in [0.1, 0.15) is 23.2 Å². The summed E-state index contributed by atoms with van der Waals surface area (Å²) in [5, 5.41) is 11.7. The van der Waals surface area contributed by atoms with Crippen LogP contribution in [0, 0.1) is 16.0 Å². The SMILES string of the molecule is COC(=O)C1CCN(c2ncnc(NNC(=O)c3ccc(OC)cc3)c2[N+](=O)[O-])CC1. The van der Waals surface area contributed by atoms with Crippen LogP contribution >= 0.6 is 0 Å². The first kappa shape index (κ1) is 21.7. The molecule has 1 fully saturated rings. The fourth-order valence-electron chi connectivity index (χ4n) is 3.28. The molecule has 2 aromatic rings. The molecule has 12 heteroatoms. The van der Waals surface area contributed by atoms with E-state index in [0.29, 0.717) is 37.2 Å². The van der Waals surface area contributed by atoms with Crippen molar-refractivity contribution in [3.63, 3.8) is 0 Å². The van der Waals surface area contributed by atoms with Gasteiger partial charge in [0.15, 0.2) is 0 Å². The van der Waals surface area contributed by atoms with Gasteiger partial charge >= 0.3 is 11.7 Å². The lowest BCUT2D eigenvalue weighted by atomic mass is 9.97. The quantitative estimate of drug-likeness (QED) is 0.376.